The van der Waals surface area contributed by atoms with Gasteiger partial charge in [-0.3, -0.25) is 4.52 Å². The molecule has 7 N–H and O–H groups in total. The average Bonchev–Trinajstić information content (AvgIpc) is 1.59. The van der Waals surface area contributed by atoms with Gasteiger partial charge in [-0.15, -0.1) is 0 Å². The number of phosphoric ester groups is 1. The van der Waals surface area contributed by atoms with Crippen LogP contribution in [0.15, 0.2) is 0 Å². The van der Waals surface area contributed by atoms with Gasteiger partial charge in [-0.25, -0.2) is 4.57 Å². The van der Waals surface area contributed by atoms with Crippen LogP contribution >= 0.6 is 7.82 Å². The first kappa shape index (κ1) is 22.7. The van der Waals surface area contributed by atoms with Crippen LogP contribution in [0.4, 0.5) is 0 Å². The number of aliphatic hydroxyl groups is 1. The molecule has 0 unspecified atom stereocenters. The van der Waals surface area contributed by atoms with Gasteiger partial charge in [0.05, 0.1) is 13.2 Å². The number of phosphoric acid groups is 1. The molecule has 11 heavy (non-hydrogen) atoms. The molecule has 0 fully saturated rings. The van der Waals surface area contributed by atoms with E-state index in [1.807, 2.05) is 0 Å². The Hall–Kier alpha value is 0.990. The molecular weight excluding hydrogens is 190 g/mol. The summed E-state index contributed by atoms with van der Waals surface area (Å²) >= 11 is 0. The zero-order valence-corrected chi connectivity index (χ0v) is 5.91. The van der Waals surface area contributed by atoms with Gasteiger partial charge in [0.15, 0.2) is 0 Å². The number of hydrogen-bond donors (Lipinski definition) is 3. The Morgan fingerprint density at radius 2 is 1.64 bits per heavy atom. The minimum absolute atomic E-state index is 0. The van der Waals surface area contributed by atoms with Crippen molar-refractivity contribution in [2.45, 2.75) is 0 Å². The Morgan fingerprint density at radius 1 is 1.27 bits per heavy atom. The molecule has 0 aromatic heterocycles. The molecule has 0 heterocycles. The molecule has 0 aliphatic carbocycles. The maximum atomic E-state index is 9.75. The van der Waals surface area contributed by atoms with Gasteiger partial charge >= 0.3 is 37.4 Å². The van der Waals surface area contributed by atoms with Crippen LogP contribution in [0.25, 0.3) is 0 Å². The van der Waals surface area contributed by atoms with Crippen molar-refractivity contribution in [1.29, 1.82) is 0 Å². The molecule has 0 amide bonds. The van der Waals surface area contributed by atoms with Crippen molar-refractivity contribution in [2.75, 3.05) is 13.2 Å². The van der Waals surface area contributed by atoms with Gasteiger partial charge in [0.25, 0.3) is 0 Å². The van der Waals surface area contributed by atoms with Crippen molar-refractivity contribution in [3.05, 3.63) is 0 Å². The third kappa shape index (κ3) is 24.8. The molecule has 9 heteroatoms. The fourth-order valence-corrected chi connectivity index (χ4v) is 0.479. The number of aliphatic hydroxyl groups excluding tert-OH is 1. The van der Waals surface area contributed by atoms with E-state index in [2.05, 4.69) is 4.52 Å². The average molecular weight is 202 g/mol. The fraction of sp³-hybridized carbons (Fsp3) is 1.00. The standard InChI is InChI=1S/C2H7O5P.Na.2H2O.H/c3-1-2-7-8(4,5)6;;;;/h3H,1-2H2,(H2,4,5,6);;2*1H2;. The van der Waals surface area contributed by atoms with E-state index in [0.717, 1.165) is 0 Å². The Bertz CT molecular complexity index is 101. The summed E-state index contributed by atoms with van der Waals surface area (Å²) in [4.78, 5) is 15.9. The van der Waals surface area contributed by atoms with Crippen LogP contribution in [0.2, 0.25) is 0 Å². The van der Waals surface area contributed by atoms with Crippen molar-refractivity contribution >= 4 is 37.4 Å². The van der Waals surface area contributed by atoms with Crippen LogP contribution in [0, 0.1) is 0 Å². The van der Waals surface area contributed by atoms with Crippen molar-refractivity contribution < 1.29 is 34.9 Å². The van der Waals surface area contributed by atoms with Crippen molar-refractivity contribution in [2.24, 2.45) is 0 Å². The molecule has 7 nitrogen and oxygen atoms in total. The first-order chi connectivity index (χ1) is 3.56. The van der Waals surface area contributed by atoms with E-state index in [4.69, 9.17) is 14.9 Å². The van der Waals surface area contributed by atoms with E-state index < -0.39 is 7.82 Å². The second-order valence-electron chi connectivity index (χ2n) is 1.05. The van der Waals surface area contributed by atoms with Crippen molar-refractivity contribution in [1.82, 2.24) is 0 Å². The van der Waals surface area contributed by atoms with Gasteiger partial charge in [0.1, 0.15) is 0 Å². The molecule has 0 spiro atoms. The minimum atomic E-state index is -4.34. The summed E-state index contributed by atoms with van der Waals surface area (Å²) < 4.78 is 13.5. The molecule has 0 atom stereocenters. The second-order valence-corrected chi connectivity index (χ2v) is 2.29. The summed E-state index contributed by atoms with van der Waals surface area (Å²) in [6.07, 6.45) is 0. The summed E-state index contributed by atoms with van der Waals surface area (Å²) in [6.45, 7) is -0.713. The number of hydrogen-bond acceptors (Lipinski definition) is 3. The molecule has 0 aliphatic rings. The third-order valence-electron chi connectivity index (χ3n) is 0.351. The van der Waals surface area contributed by atoms with E-state index >= 15 is 0 Å². The van der Waals surface area contributed by atoms with Gasteiger partial charge in [-0.05, 0) is 0 Å². The Morgan fingerprint density at radius 3 is 1.73 bits per heavy atom. The summed E-state index contributed by atoms with van der Waals surface area (Å²) in [5.41, 5.74) is 0. The van der Waals surface area contributed by atoms with Crippen molar-refractivity contribution in [3.63, 3.8) is 0 Å². The molecule has 0 bridgehead atoms. The van der Waals surface area contributed by atoms with E-state index in [-0.39, 0.29) is 53.7 Å². The molecule has 68 valence electrons. The molecule has 0 saturated heterocycles. The third-order valence-corrected chi connectivity index (χ3v) is 0.870. The Kier molecular flexibility index (Phi) is 22.7. The second kappa shape index (κ2) is 11.0. The van der Waals surface area contributed by atoms with Gasteiger partial charge in [0.2, 0.25) is 0 Å². The van der Waals surface area contributed by atoms with Crippen LogP contribution in [-0.4, -0.2) is 68.6 Å². The van der Waals surface area contributed by atoms with Gasteiger partial charge in [0, 0.05) is 0 Å². The maximum absolute atomic E-state index is 9.75. The van der Waals surface area contributed by atoms with Crippen LogP contribution in [0.5, 0.6) is 0 Å². The summed E-state index contributed by atoms with van der Waals surface area (Å²) in [5.74, 6) is 0. The molecular formula is C2H12NaO7P. The first-order valence-electron chi connectivity index (χ1n) is 1.87. The first-order valence-corrected chi connectivity index (χ1v) is 3.40. The van der Waals surface area contributed by atoms with E-state index in [1.165, 1.54) is 0 Å². The fourth-order valence-electron chi connectivity index (χ4n) is 0.160. The molecule has 0 radical (unpaired) electrons. The summed E-state index contributed by atoms with van der Waals surface area (Å²) in [5, 5.41) is 7.96. The normalized spacial score (nSPS) is 8.64. The van der Waals surface area contributed by atoms with E-state index in [0.29, 0.717) is 0 Å². The van der Waals surface area contributed by atoms with Gasteiger partial charge in [-0.1, -0.05) is 0 Å². The number of rotatable bonds is 3. The predicted octanol–water partition coefficient (Wildman–Crippen LogP) is -3.21. The molecule has 0 saturated carbocycles. The molecule has 0 rings (SSSR count). The predicted molar refractivity (Wildman–Crippen MR) is 39.5 cm³/mol. The van der Waals surface area contributed by atoms with Crippen LogP contribution in [-0.2, 0) is 9.09 Å². The molecule has 0 aromatic carbocycles. The Balaban J connectivity index is -0.0000000817. The van der Waals surface area contributed by atoms with E-state index in [1.54, 1.807) is 0 Å². The van der Waals surface area contributed by atoms with Gasteiger partial charge in [-0.2, -0.15) is 0 Å². The van der Waals surface area contributed by atoms with Gasteiger partial charge < -0.3 is 25.8 Å². The summed E-state index contributed by atoms with van der Waals surface area (Å²) in [7, 11) is -4.34. The zero-order valence-electron chi connectivity index (χ0n) is 5.02. The zero-order chi connectivity index (χ0) is 6.62. The monoisotopic (exact) mass is 202 g/mol. The summed E-state index contributed by atoms with van der Waals surface area (Å²) in [6, 6.07) is 0. The SMILES string of the molecule is O.O.O=P(O)(O)OCCO.[NaH]. The van der Waals surface area contributed by atoms with Crippen LogP contribution in [0.1, 0.15) is 0 Å². The molecule has 0 aromatic rings. The Labute approximate surface area is 85.5 Å². The van der Waals surface area contributed by atoms with E-state index in [9.17, 15) is 4.57 Å². The van der Waals surface area contributed by atoms with Crippen LogP contribution in [0.3, 0.4) is 0 Å². The van der Waals surface area contributed by atoms with Crippen LogP contribution < -0.4 is 0 Å². The van der Waals surface area contributed by atoms with Crippen molar-refractivity contribution in [3.8, 4) is 0 Å². The quantitative estimate of drug-likeness (QED) is 0.325. The topological polar surface area (TPSA) is 150 Å². The molecule has 0 aliphatic heterocycles.